The van der Waals surface area contributed by atoms with Gasteiger partial charge in [-0.3, -0.25) is 9.80 Å². The number of hydrogen-bond donors (Lipinski definition) is 3. The van der Waals surface area contributed by atoms with Crippen molar-refractivity contribution >= 4 is 0 Å². The molecular weight excluding hydrogens is 238 g/mol. The second-order valence-electron chi connectivity index (χ2n) is 6.32. The van der Waals surface area contributed by atoms with Gasteiger partial charge in [-0.25, -0.2) is 0 Å². The Morgan fingerprint density at radius 1 is 0.947 bits per heavy atom. The average molecular weight is 269 g/mol. The molecule has 0 aromatic heterocycles. The van der Waals surface area contributed by atoms with Crippen LogP contribution >= 0.6 is 0 Å². The number of rotatable bonds is 6. The van der Waals surface area contributed by atoms with Gasteiger partial charge in [0.1, 0.15) is 0 Å². The molecule has 5 nitrogen and oxygen atoms in total. The van der Waals surface area contributed by atoms with Gasteiger partial charge in [-0.05, 0) is 13.8 Å². The van der Waals surface area contributed by atoms with Gasteiger partial charge in [-0.1, -0.05) is 0 Å². The molecule has 2 heterocycles. The van der Waals surface area contributed by atoms with E-state index in [2.05, 4.69) is 39.6 Å². The Bertz CT molecular complexity index is 244. The number of nitrogens with zero attached hydrogens (tertiary/aromatic N) is 2. The Hall–Kier alpha value is -0.200. The molecule has 19 heavy (non-hydrogen) atoms. The molecule has 2 aliphatic rings. The summed E-state index contributed by atoms with van der Waals surface area (Å²) >= 11 is 0. The molecule has 0 aliphatic carbocycles. The molecule has 5 heteroatoms. The predicted octanol–water partition coefficient (Wildman–Crippen LogP) is -0.835. The van der Waals surface area contributed by atoms with Gasteiger partial charge < -0.3 is 16.0 Å². The van der Waals surface area contributed by atoms with Crippen LogP contribution in [0.5, 0.6) is 0 Å². The zero-order chi connectivity index (χ0) is 13.6. The molecule has 112 valence electrons. The Morgan fingerprint density at radius 2 is 1.53 bits per heavy atom. The second kappa shape index (κ2) is 7.55. The van der Waals surface area contributed by atoms with Gasteiger partial charge in [0, 0.05) is 77.5 Å². The van der Waals surface area contributed by atoms with Crippen molar-refractivity contribution in [2.24, 2.45) is 0 Å². The number of nitrogens with one attached hydrogen (secondary N) is 3. The van der Waals surface area contributed by atoms with Crippen molar-refractivity contribution < 1.29 is 0 Å². The SMILES string of the molecule is CC(C)(CNCCN1CCNCC1)N1CCNCC1. The quantitative estimate of drug-likeness (QED) is 0.549. The van der Waals surface area contributed by atoms with Gasteiger partial charge in [0.15, 0.2) is 0 Å². The predicted molar refractivity (Wildman–Crippen MR) is 80.7 cm³/mol. The fourth-order valence-electron chi connectivity index (χ4n) is 2.95. The van der Waals surface area contributed by atoms with Gasteiger partial charge in [0.2, 0.25) is 0 Å². The minimum absolute atomic E-state index is 0.269. The Labute approximate surface area is 118 Å². The van der Waals surface area contributed by atoms with Gasteiger partial charge in [-0.2, -0.15) is 0 Å². The van der Waals surface area contributed by atoms with E-state index in [0.717, 1.165) is 39.3 Å². The van der Waals surface area contributed by atoms with Crippen LogP contribution in [-0.2, 0) is 0 Å². The van der Waals surface area contributed by atoms with Crippen molar-refractivity contribution in [2.75, 3.05) is 72.0 Å². The summed E-state index contributed by atoms with van der Waals surface area (Å²) in [6, 6.07) is 0. The maximum atomic E-state index is 3.65. The third-order valence-corrected chi connectivity index (χ3v) is 4.35. The molecule has 0 saturated carbocycles. The molecule has 3 N–H and O–H groups in total. The first kappa shape index (κ1) is 15.2. The van der Waals surface area contributed by atoms with E-state index in [1.165, 1.54) is 32.7 Å². The van der Waals surface area contributed by atoms with E-state index in [1.807, 2.05) is 0 Å². The lowest BCUT2D eigenvalue weighted by Crippen LogP contribution is -2.57. The van der Waals surface area contributed by atoms with Gasteiger partial charge in [0.05, 0.1) is 0 Å². The van der Waals surface area contributed by atoms with E-state index < -0.39 is 0 Å². The van der Waals surface area contributed by atoms with E-state index >= 15 is 0 Å². The van der Waals surface area contributed by atoms with Crippen LogP contribution in [0.4, 0.5) is 0 Å². The molecule has 0 amide bonds. The molecule has 2 aliphatic heterocycles. The first-order valence-electron chi connectivity index (χ1n) is 7.78. The number of piperazine rings is 2. The molecule has 2 fully saturated rings. The van der Waals surface area contributed by atoms with Crippen molar-refractivity contribution in [3.8, 4) is 0 Å². The summed E-state index contributed by atoms with van der Waals surface area (Å²) in [5, 5.41) is 10.5. The summed E-state index contributed by atoms with van der Waals surface area (Å²) in [6.07, 6.45) is 0. The van der Waals surface area contributed by atoms with Crippen molar-refractivity contribution in [3.05, 3.63) is 0 Å². The normalized spacial score (nSPS) is 23.7. The fraction of sp³-hybridized carbons (Fsp3) is 1.00. The summed E-state index contributed by atoms with van der Waals surface area (Å²) in [5.74, 6) is 0. The highest BCUT2D eigenvalue weighted by molar-refractivity contribution is 4.86. The van der Waals surface area contributed by atoms with E-state index in [4.69, 9.17) is 0 Å². The fourth-order valence-corrected chi connectivity index (χ4v) is 2.95. The topological polar surface area (TPSA) is 42.6 Å². The third-order valence-electron chi connectivity index (χ3n) is 4.35. The smallest absolute Gasteiger partial charge is 0.0278 e. The van der Waals surface area contributed by atoms with Crippen molar-refractivity contribution in [1.82, 2.24) is 25.8 Å². The van der Waals surface area contributed by atoms with Crippen LogP contribution in [0.3, 0.4) is 0 Å². The van der Waals surface area contributed by atoms with Crippen LogP contribution in [-0.4, -0.2) is 87.3 Å². The first-order chi connectivity index (χ1) is 9.18. The third kappa shape index (κ3) is 5.00. The van der Waals surface area contributed by atoms with Crippen molar-refractivity contribution in [1.29, 1.82) is 0 Å². The Kier molecular flexibility index (Phi) is 6.04. The van der Waals surface area contributed by atoms with Gasteiger partial charge in [0.25, 0.3) is 0 Å². The molecule has 0 aromatic carbocycles. The zero-order valence-electron chi connectivity index (χ0n) is 12.7. The highest BCUT2D eigenvalue weighted by Crippen LogP contribution is 2.13. The largest absolute Gasteiger partial charge is 0.314 e. The highest BCUT2D eigenvalue weighted by Gasteiger charge is 2.27. The standard InChI is InChI=1S/C14H31N5/c1-14(2,19-11-6-16-7-12-19)13-17-5-10-18-8-3-15-4-9-18/h15-17H,3-13H2,1-2H3. The zero-order valence-corrected chi connectivity index (χ0v) is 12.7. The summed E-state index contributed by atoms with van der Waals surface area (Å²) in [7, 11) is 0. The molecular formula is C14H31N5. The monoisotopic (exact) mass is 269 g/mol. The molecule has 0 radical (unpaired) electrons. The van der Waals surface area contributed by atoms with Crippen LogP contribution in [0.1, 0.15) is 13.8 Å². The molecule has 0 atom stereocenters. The Morgan fingerprint density at radius 3 is 2.16 bits per heavy atom. The van der Waals surface area contributed by atoms with Crippen LogP contribution in [0, 0.1) is 0 Å². The van der Waals surface area contributed by atoms with Crippen molar-refractivity contribution in [2.45, 2.75) is 19.4 Å². The highest BCUT2D eigenvalue weighted by atomic mass is 15.3. The second-order valence-corrected chi connectivity index (χ2v) is 6.32. The molecule has 0 unspecified atom stereocenters. The molecule has 2 rings (SSSR count). The summed E-state index contributed by atoms with van der Waals surface area (Å²) in [6.45, 7) is 17.4. The maximum absolute atomic E-state index is 3.65. The van der Waals surface area contributed by atoms with E-state index in [1.54, 1.807) is 0 Å². The summed E-state index contributed by atoms with van der Waals surface area (Å²) in [4.78, 5) is 5.14. The molecule has 0 bridgehead atoms. The van der Waals surface area contributed by atoms with Gasteiger partial charge >= 0.3 is 0 Å². The average Bonchev–Trinajstić information content (AvgIpc) is 2.46. The van der Waals surface area contributed by atoms with Crippen LogP contribution in [0.15, 0.2) is 0 Å². The number of hydrogen-bond acceptors (Lipinski definition) is 5. The summed E-state index contributed by atoms with van der Waals surface area (Å²) < 4.78 is 0. The molecule has 0 aromatic rings. The van der Waals surface area contributed by atoms with Gasteiger partial charge in [-0.15, -0.1) is 0 Å². The van der Waals surface area contributed by atoms with Crippen molar-refractivity contribution in [3.63, 3.8) is 0 Å². The maximum Gasteiger partial charge on any atom is 0.0278 e. The minimum atomic E-state index is 0.269. The lowest BCUT2D eigenvalue weighted by atomic mass is 10.0. The first-order valence-corrected chi connectivity index (χ1v) is 7.78. The van der Waals surface area contributed by atoms with Crippen LogP contribution < -0.4 is 16.0 Å². The van der Waals surface area contributed by atoms with E-state index in [0.29, 0.717) is 0 Å². The summed E-state index contributed by atoms with van der Waals surface area (Å²) in [5.41, 5.74) is 0.269. The lowest BCUT2D eigenvalue weighted by molar-refractivity contribution is 0.101. The Balaban J connectivity index is 1.60. The molecule has 0 spiro atoms. The van der Waals surface area contributed by atoms with Crippen LogP contribution in [0.25, 0.3) is 0 Å². The minimum Gasteiger partial charge on any atom is -0.314 e. The van der Waals surface area contributed by atoms with Crippen LogP contribution in [0.2, 0.25) is 0 Å². The molecule has 2 saturated heterocycles. The lowest BCUT2D eigenvalue weighted by Gasteiger charge is -2.41. The van der Waals surface area contributed by atoms with E-state index in [-0.39, 0.29) is 5.54 Å². The van der Waals surface area contributed by atoms with E-state index in [9.17, 15) is 0 Å².